The Balaban J connectivity index is 1.80. The summed E-state index contributed by atoms with van der Waals surface area (Å²) in [5.41, 5.74) is 4.64. The Kier molecular flexibility index (Phi) is 6.54. The first-order chi connectivity index (χ1) is 16.4. The van der Waals surface area contributed by atoms with Gasteiger partial charge in [0.1, 0.15) is 12.2 Å². The van der Waals surface area contributed by atoms with Crippen molar-refractivity contribution < 1.29 is 9.59 Å². The van der Waals surface area contributed by atoms with Gasteiger partial charge in [-0.3, -0.25) is 19.0 Å². The summed E-state index contributed by atoms with van der Waals surface area (Å²) in [5.74, 6) is -0.554. The molecule has 0 spiro atoms. The van der Waals surface area contributed by atoms with Crippen LogP contribution < -0.4 is 16.2 Å². The second-order valence-corrected chi connectivity index (χ2v) is 8.08. The first kappa shape index (κ1) is 22.9. The normalized spacial score (nSPS) is 10.8. The number of aromatic nitrogens is 2. The fourth-order valence-electron chi connectivity index (χ4n) is 4.04. The second-order valence-electron chi connectivity index (χ2n) is 8.08. The standard InChI is InChI=1S/C27H26N4O3/c1-4-19-11-9-10-17(2)25(19)30-24(33)16-31-23-15-8-7-14-22(23)29-26(27(31)34)20-12-5-6-13-21(20)28-18(3)32/h5-15H,4,16H2,1-3H3,(H,28,32)(H,30,33). The predicted molar refractivity (Wildman–Crippen MR) is 135 cm³/mol. The third kappa shape index (κ3) is 4.59. The number of hydrogen-bond donors (Lipinski definition) is 2. The predicted octanol–water partition coefficient (Wildman–Crippen LogP) is 4.53. The maximum atomic E-state index is 13.6. The molecule has 7 nitrogen and oxygen atoms in total. The van der Waals surface area contributed by atoms with E-state index in [1.165, 1.54) is 11.5 Å². The molecule has 1 heterocycles. The van der Waals surface area contributed by atoms with Crippen LogP contribution in [0.2, 0.25) is 0 Å². The first-order valence-corrected chi connectivity index (χ1v) is 11.1. The largest absolute Gasteiger partial charge is 0.326 e. The highest BCUT2D eigenvalue weighted by Crippen LogP contribution is 2.26. The SMILES string of the molecule is CCc1cccc(C)c1NC(=O)Cn1c(=O)c(-c2ccccc2NC(C)=O)nc2ccccc21. The monoisotopic (exact) mass is 454 g/mol. The van der Waals surface area contributed by atoms with E-state index in [1.54, 1.807) is 42.5 Å². The molecule has 4 rings (SSSR count). The molecular weight excluding hydrogens is 428 g/mol. The number of hydrogen-bond acceptors (Lipinski definition) is 4. The van der Waals surface area contributed by atoms with E-state index in [-0.39, 0.29) is 24.1 Å². The first-order valence-electron chi connectivity index (χ1n) is 11.1. The maximum absolute atomic E-state index is 13.6. The molecule has 7 heteroatoms. The molecule has 0 bridgehead atoms. The number of amides is 2. The van der Waals surface area contributed by atoms with Crippen LogP contribution in [0.1, 0.15) is 25.0 Å². The average molecular weight is 455 g/mol. The summed E-state index contributed by atoms with van der Waals surface area (Å²) in [6.07, 6.45) is 0.777. The van der Waals surface area contributed by atoms with Gasteiger partial charge >= 0.3 is 0 Å². The number of carbonyl (C=O) groups is 2. The van der Waals surface area contributed by atoms with Crippen molar-refractivity contribution >= 4 is 34.2 Å². The third-order valence-electron chi connectivity index (χ3n) is 5.65. The van der Waals surface area contributed by atoms with Crippen LogP contribution in [0.25, 0.3) is 22.3 Å². The lowest BCUT2D eigenvalue weighted by Gasteiger charge is -2.16. The van der Waals surface area contributed by atoms with Gasteiger partial charge < -0.3 is 10.6 Å². The van der Waals surface area contributed by atoms with Crippen molar-refractivity contribution in [3.63, 3.8) is 0 Å². The van der Waals surface area contributed by atoms with Crippen LogP contribution >= 0.6 is 0 Å². The van der Waals surface area contributed by atoms with Crippen LogP contribution in [0.3, 0.4) is 0 Å². The molecule has 0 aliphatic carbocycles. The lowest BCUT2D eigenvalue weighted by atomic mass is 10.1. The van der Waals surface area contributed by atoms with E-state index in [4.69, 9.17) is 0 Å². The van der Waals surface area contributed by atoms with Crippen LogP contribution in [0.15, 0.2) is 71.5 Å². The van der Waals surface area contributed by atoms with Gasteiger partial charge in [-0.15, -0.1) is 0 Å². The van der Waals surface area contributed by atoms with E-state index in [0.717, 1.165) is 23.2 Å². The molecule has 0 unspecified atom stereocenters. The van der Waals surface area contributed by atoms with Gasteiger partial charge in [-0.25, -0.2) is 4.98 Å². The number of para-hydroxylation sites is 4. The quantitative estimate of drug-likeness (QED) is 0.448. The zero-order chi connectivity index (χ0) is 24.2. The molecule has 0 fully saturated rings. The number of anilines is 2. The minimum absolute atomic E-state index is 0.168. The van der Waals surface area contributed by atoms with E-state index in [0.29, 0.717) is 22.3 Å². The van der Waals surface area contributed by atoms with Gasteiger partial charge in [-0.2, -0.15) is 0 Å². The number of rotatable bonds is 6. The van der Waals surface area contributed by atoms with E-state index in [9.17, 15) is 14.4 Å². The van der Waals surface area contributed by atoms with E-state index in [2.05, 4.69) is 15.6 Å². The third-order valence-corrected chi connectivity index (χ3v) is 5.65. The number of fused-ring (bicyclic) bond motifs is 1. The summed E-state index contributed by atoms with van der Waals surface area (Å²) in [7, 11) is 0. The highest BCUT2D eigenvalue weighted by Gasteiger charge is 2.18. The zero-order valence-corrected chi connectivity index (χ0v) is 19.4. The van der Waals surface area contributed by atoms with E-state index >= 15 is 0 Å². The number of aryl methyl sites for hydroxylation is 2. The Bertz CT molecular complexity index is 1460. The van der Waals surface area contributed by atoms with Gasteiger partial charge in [0.2, 0.25) is 11.8 Å². The summed E-state index contributed by atoms with van der Waals surface area (Å²) >= 11 is 0. The van der Waals surface area contributed by atoms with Gasteiger partial charge in [-0.05, 0) is 42.7 Å². The summed E-state index contributed by atoms with van der Waals surface area (Å²) in [5, 5.41) is 5.74. The molecule has 0 aliphatic heterocycles. The minimum atomic E-state index is -0.410. The highest BCUT2D eigenvalue weighted by atomic mass is 16.2. The Morgan fingerprint density at radius 3 is 2.44 bits per heavy atom. The molecule has 0 atom stereocenters. The maximum Gasteiger partial charge on any atom is 0.278 e. The van der Waals surface area contributed by atoms with Gasteiger partial charge in [0.25, 0.3) is 5.56 Å². The Hall–Kier alpha value is -4.26. The van der Waals surface area contributed by atoms with Gasteiger partial charge in [-0.1, -0.05) is 55.5 Å². The van der Waals surface area contributed by atoms with Crippen LogP contribution in [-0.2, 0) is 22.6 Å². The molecule has 2 amide bonds. The van der Waals surface area contributed by atoms with Crippen molar-refractivity contribution in [3.8, 4) is 11.3 Å². The van der Waals surface area contributed by atoms with Crippen LogP contribution in [0, 0.1) is 6.92 Å². The molecule has 172 valence electrons. The molecule has 2 N–H and O–H groups in total. The summed E-state index contributed by atoms with van der Waals surface area (Å²) in [4.78, 5) is 43.0. The molecule has 0 aliphatic rings. The van der Waals surface area contributed by atoms with Crippen molar-refractivity contribution in [2.24, 2.45) is 0 Å². The number of nitrogens with one attached hydrogen (secondary N) is 2. The minimum Gasteiger partial charge on any atom is -0.326 e. The smallest absolute Gasteiger partial charge is 0.278 e. The van der Waals surface area contributed by atoms with Gasteiger partial charge in [0.15, 0.2) is 0 Å². The van der Waals surface area contributed by atoms with Crippen LogP contribution in [0.4, 0.5) is 11.4 Å². The molecule has 34 heavy (non-hydrogen) atoms. The zero-order valence-electron chi connectivity index (χ0n) is 19.4. The van der Waals surface area contributed by atoms with E-state index < -0.39 is 5.56 Å². The van der Waals surface area contributed by atoms with Crippen molar-refractivity contribution in [1.29, 1.82) is 0 Å². The van der Waals surface area contributed by atoms with Crippen molar-refractivity contribution in [2.45, 2.75) is 33.7 Å². The highest BCUT2D eigenvalue weighted by molar-refractivity contribution is 5.95. The molecule has 3 aromatic carbocycles. The van der Waals surface area contributed by atoms with Gasteiger partial charge in [0.05, 0.1) is 16.7 Å². The number of carbonyl (C=O) groups excluding carboxylic acids is 2. The second kappa shape index (κ2) is 9.70. The lowest BCUT2D eigenvalue weighted by molar-refractivity contribution is -0.117. The van der Waals surface area contributed by atoms with E-state index in [1.807, 2.05) is 38.1 Å². The fraction of sp³-hybridized carbons (Fsp3) is 0.185. The number of nitrogens with zero attached hydrogens (tertiary/aromatic N) is 2. The summed E-state index contributed by atoms with van der Waals surface area (Å²) in [6, 6.07) is 20.1. The van der Waals surface area contributed by atoms with Gasteiger partial charge in [0, 0.05) is 18.2 Å². The molecule has 0 saturated carbocycles. The molecule has 0 saturated heterocycles. The average Bonchev–Trinajstić information content (AvgIpc) is 2.82. The van der Waals surface area contributed by atoms with Crippen molar-refractivity contribution in [3.05, 3.63) is 88.2 Å². The van der Waals surface area contributed by atoms with Crippen molar-refractivity contribution in [1.82, 2.24) is 9.55 Å². The number of benzene rings is 3. The summed E-state index contributed by atoms with van der Waals surface area (Å²) < 4.78 is 1.43. The Morgan fingerprint density at radius 1 is 0.941 bits per heavy atom. The topological polar surface area (TPSA) is 93.1 Å². The Labute approximate surface area is 197 Å². The van der Waals surface area contributed by atoms with Crippen LogP contribution in [0.5, 0.6) is 0 Å². The molecule has 0 radical (unpaired) electrons. The summed E-state index contributed by atoms with van der Waals surface area (Å²) in [6.45, 7) is 5.21. The van der Waals surface area contributed by atoms with Crippen molar-refractivity contribution in [2.75, 3.05) is 10.6 Å². The molecule has 4 aromatic rings. The molecule has 1 aromatic heterocycles. The Morgan fingerprint density at radius 2 is 1.68 bits per heavy atom. The fourth-order valence-corrected chi connectivity index (χ4v) is 4.04. The lowest BCUT2D eigenvalue weighted by Crippen LogP contribution is -2.30. The molecular formula is C27H26N4O3. The van der Waals surface area contributed by atoms with Crippen LogP contribution in [-0.4, -0.2) is 21.4 Å².